The molecule has 0 saturated carbocycles. The molecule has 0 aliphatic heterocycles. The molecule has 0 aromatic rings. The number of likely N-dealkylation sites (N-methyl/N-ethyl adjacent to an activating group) is 1. The van der Waals surface area contributed by atoms with Crippen LogP contribution < -0.4 is 5.32 Å². The molecular weight excluding hydrogens is 184 g/mol. The Bertz CT molecular complexity index is 147. The Kier molecular flexibility index (Phi) is 7.09. The topological polar surface area (TPSA) is 32.3 Å². The van der Waals surface area contributed by atoms with Crippen molar-refractivity contribution in [3.05, 3.63) is 0 Å². The molecule has 1 unspecified atom stereocenters. The van der Waals surface area contributed by atoms with Gasteiger partial charge in [-0.3, -0.25) is 4.79 Å². The maximum atomic E-state index is 11.4. The molecule has 0 aromatic heterocycles. The van der Waals surface area contributed by atoms with Crippen LogP contribution >= 0.6 is 12.6 Å². The van der Waals surface area contributed by atoms with Crippen molar-refractivity contribution in [3.63, 3.8) is 0 Å². The molecular formula is C9H20N2OS. The van der Waals surface area contributed by atoms with Gasteiger partial charge in [-0.15, -0.1) is 0 Å². The standard InChI is InChI=1S/C9H20N2OS/c1-4-8(7-13)9(12)10-5-6-11(2)3/h8,13H,4-7H2,1-3H3,(H,10,12). The number of hydrogen-bond donors (Lipinski definition) is 2. The second kappa shape index (κ2) is 7.21. The van der Waals surface area contributed by atoms with Crippen molar-refractivity contribution in [2.24, 2.45) is 5.92 Å². The van der Waals surface area contributed by atoms with E-state index in [1.54, 1.807) is 0 Å². The van der Waals surface area contributed by atoms with Crippen molar-refractivity contribution < 1.29 is 4.79 Å². The largest absolute Gasteiger partial charge is 0.355 e. The fraction of sp³-hybridized carbons (Fsp3) is 0.889. The number of carbonyl (C=O) groups is 1. The number of thiol groups is 1. The zero-order chi connectivity index (χ0) is 10.3. The molecule has 78 valence electrons. The first-order chi connectivity index (χ1) is 6.11. The minimum Gasteiger partial charge on any atom is -0.355 e. The Morgan fingerprint density at radius 1 is 1.54 bits per heavy atom. The molecule has 1 amide bonds. The summed E-state index contributed by atoms with van der Waals surface area (Å²) >= 11 is 4.13. The van der Waals surface area contributed by atoms with Gasteiger partial charge in [-0.2, -0.15) is 12.6 Å². The summed E-state index contributed by atoms with van der Waals surface area (Å²) < 4.78 is 0. The van der Waals surface area contributed by atoms with E-state index in [0.717, 1.165) is 19.5 Å². The summed E-state index contributed by atoms with van der Waals surface area (Å²) in [6.07, 6.45) is 0.858. The van der Waals surface area contributed by atoms with Crippen molar-refractivity contribution in [1.82, 2.24) is 10.2 Å². The third-order valence-electron chi connectivity index (χ3n) is 1.94. The summed E-state index contributed by atoms with van der Waals surface area (Å²) in [6, 6.07) is 0. The van der Waals surface area contributed by atoms with E-state index in [-0.39, 0.29) is 11.8 Å². The summed E-state index contributed by atoms with van der Waals surface area (Å²) in [5.41, 5.74) is 0. The molecule has 1 atom stereocenters. The highest BCUT2D eigenvalue weighted by molar-refractivity contribution is 7.80. The van der Waals surface area contributed by atoms with Gasteiger partial charge in [0.1, 0.15) is 0 Å². The predicted molar refractivity (Wildman–Crippen MR) is 59.2 cm³/mol. The number of nitrogens with zero attached hydrogens (tertiary/aromatic N) is 1. The third-order valence-corrected chi connectivity index (χ3v) is 2.38. The Morgan fingerprint density at radius 2 is 2.15 bits per heavy atom. The van der Waals surface area contributed by atoms with Crippen LogP contribution in [0.1, 0.15) is 13.3 Å². The zero-order valence-electron chi connectivity index (χ0n) is 8.71. The van der Waals surface area contributed by atoms with Gasteiger partial charge in [0.25, 0.3) is 0 Å². The minimum absolute atomic E-state index is 0.0606. The smallest absolute Gasteiger partial charge is 0.223 e. The normalized spacial score (nSPS) is 13.0. The molecule has 3 nitrogen and oxygen atoms in total. The first kappa shape index (κ1) is 12.8. The molecule has 0 heterocycles. The summed E-state index contributed by atoms with van der Waals surface area (Å²) in [5, 5.41) is 2.89. The van der Waals surface area contributed by atoms with Gasteiger partial charge >= 0.3 is 0 Å². The highest BCUT2D eigenvalue weighted by atomic mass is 32.1. The van der Waals surface area contributed by atoms with Crippen LogP contribution in [-0.4, -0.2) is 43.7 Å². The average Bonchev–Trinajstić information content (AvgIpc) is 2.05. The molecule has 0 aliphatic carbocycles. The number of hydrogen-bond acceptors (Lipinski definition) is 3. The molecule has 0 spiro atoms. The van der Waals surface area contributed by atoms with Gasteiger partial charge in [-0.25, -0.2) is 0 Å². The van der Waals surface area contributed by atoms with E-state index in [0.29, 0.717) is 5.75 Å². The van der Waals surface area contributed by atoms with E-state index in [9.17, 15) is 4.79 Å². The maximum Gasteiger partial charge on any atom is 0.223 e. The van der Waals surface area contributed by atoms with Crippen LogP contribution in [0.4, 0.5) is 0 Å². The molecule has 0 fully saturated rings. The molecule has 0 rings (SSSR count). The summed E-state index contributed by atoms with van der Waals surface area (Å²) in [7, 11) is 3.98. The van der Waals surface area contributed by atoms with E-state index in [1.165, 1.54) is 0 Å². The van der Waals surface area contributed by atoms with E-state index in [4.69, 9.17) is 0 Å². The number of rotatable bonds is 6. The summed E-state index contributed by atoms with van der Waals surface area (Å²) in [4.78, 5) is 13.5. The van der Waals surface area contributed by atoms with E-state index in [2.05, 4.69) is 17.9 Å². The first-order valence-corrected chi connectivity index (χ1v) is 5.28. The van der Waals surface area contributed by atoms with Crippen LogP contribution in [0.15, 0.2) is 0 Å². The van der Waals surface area contributed by atoms with Gasteiger partial charge in [0.2, 0.25) is 5.91 Å². The van der Waals surface area contributed by atoms with Crippen molar-refractivity contribution in [2.75, 3.05) is 32.9 Å². The molecule has 13 heavy (non-hydrogen) atoms. The second-order valence-corrected chi connectivity index (χ2v) is 3.75. The van der Waals surface area contributed by atoms with Crippen molar-refractivity contribution in [1.29, 1.82) is 0 Å². The Morgan fingerprint density at radius 3 is 2.54 bits per heavy atom. The third kappa shape index (κ3) is 5.93. The molecule has 0 saturated heterocycles. The highest BCUT2D eigenvalue weighted by Gasteiger charge is 2.13. The van der Waals surface area contributed by atoms with Crippen molar-refractivity contribution in [3.8, 4) is 0 Å². The van der Waals surface area contributed by atoms with Crippen LogP contribution in [-0.2, 0) is 4.79 Å². The van der Waals surface area contributed by atoms with Gasteiger partial charge in [0, 0.05) is 24.8 Å². The van der Waals surface area contributed by atoms with Crippen LogP contribution in [0, 0.1) is 5.92 Å². The zero-order valence-corrected chi connectivity index (χ0v) is 9.60. The molecule has 1 N–H and O–H groups in total. The van der Waals surface area contributed by atoms with Crippen LogP contribution in [0.25, 0.3) is 0 Å². The lowest BCUT2D eigenvalue weighted by Gasteiger charge is -2.14. The summed E-state index contributed by atoms with van der Waals surface area (Å²) in [5.74, 6) is 0.814. The SMILES string of the molecule is CCC(CS)C(=O)NCCN(C)C. The van der Waals surface area contributed by atoms with Gasteiger partial charge < -0.3 is 10.2 Å². The number of carbonyl (C=O) groups excluding carboxylic acids is 1. The lowest BCUT2D eigenvalue weighted by Crippen LogP contribution is -2.36. The fourth-order valence-electron chi connectivity index (χ4n) is 0.944. The van der Waals surface area contributed by atoms with Crippen LogP contribution in [0.3, 0.4) is 0 Å². The predicted octanol–water partition coefficient (Wildman–Crippen LogP) is 0.620. The average molecular weight is 204 g/mol. The lowest BCUT2D eigenvalue weighted by molar-refractivity contribution is -0.124. The quantitative estimate of drug-likeness (QED) is 0.622. The van der Waals surface area contributed by atoms with Crippen LogP contribution in [0.2, 0.25) is 0 Å². The molecule has 0 aromatic carbocycles. The Labute approximate surface area is 86.3 Å². The Hall–Kier alpha value is -0.220. The number of nitrogens with one attached hydrogen (secondary N) is 1. The van der Waals surface area contributed by atoms with E-state index in [1.807, 2.05) is 25.9 Å². The van der Waals surface area contributed by atoms with Gasteiger partial charge in [0.05, 0.1) is 0 Å². The van der Waals surface area contributed by atoms with Crippen LogP contribution in [0.5, 0.6) is 0 Å². The molecule has 4 heteroatoms. The lowest BCUT2D eigenvalue weighted by atomic mass is 10.1. The van der Waals surface area contributed by atoms with E-state index < -0.39 is 0 Å². The van der Waals surface area contributed by atoms with Gasteiger partial charge in [-0.1, -0.05) is 6.92 Å². The van der Waals surface area contributed by atoms with Gasteiger partial charge in [-0.05, 0) is 20.5 Å². The maximum absolute atomic E-state index is 11.4. The molecule has 0 radical (unpaired) electrons. The Balaban J connectivity index is 3.60. The van der Waals surface area contributed by atoms with Crippen molar-refractivity contribution >= 4 is 18.5 Å². The molecule has 0 aliphatic rings. The fourth-order valence-corrected chi connectivity index (χ4v) is 1.37. The number of amides is 1. The second-order valence-electron chi connectivity index (χ2n) is 3.38. The van der Waals surface area contributed by atoms with E-state index >= 15 is 0 Å². The minimum atomic E-state index is 0.0606. The summed E-state index contributed by atoms with van der Waals surface area (Å²) in [6.45, 7) is 3.61. The van der Waals surface area contributed by atoms with Gasteiger partial charge in [0.15, 0.2) is 0 Å². The highest BCUT2D eigenvalue weighted by Crippen LogP contribution is 2.03. The molecule has 0 bridgehead atoms. The monoisotopic (exact) mass is 204 g/mol. The van der Waals surface area contributed by atoms with Crippen molar-refractivity contribution in [2.45, 2.75) is 13.3 Å². The first-order valence-electron chi connectivity index (χ1n) is 4.65.